The van der Waals surface area contributed by atoms with Crippen molar-refractivity contribution < 1.29 is 13.2 Å². The fourth-order valence-electron chi connectivity index (χ4n) is 1.75. The maximum atomic E-state index is 12.6. The molecule has 0 radical (unpaired) electrons. The van der Waals surface area contributed by atoms with Gasteiger partial charge in [0, 0.05) is 18.4 Å². The van der Waals surface area contributed by atoms with Gasteiger partial charge in [0.2, 0.25) is 0 Å². The van der Waals surface area contributed by atoms with Gasteiger partial charge in [-0.3, -0.25) is 0 Å². The molecule has 6 heteroatoms. The molecule has 0 aliphatic rings. The third-order valence-electron chi connectivity index (χ3n) is 2.84. The predicted molar refractivity (Wildman–Crippen MR) is 65.3 cm³/mol. The summed E-state index contributed by atoms with van der Waals surface area (Å²) in [6.07, 6.45) is -0.978. The molecule has 2 rings (SSSR count). The molecule has 1 unspecified atom stereocenters. The third-order valence-corrected chi connectivity index (χ3v) is 2.84. The first-order valence-electron chi connectivity index (χ1n) is 5.85. The number of nitrogens with one attached hydrogen (secondary N) is 2. The molecule has 2 N–H and O–H groups in total. The van der Waals surface area contributed by atoms with E-state index in [0.717, 1.165) is 11.9 Å². The van der Waals surface area contributed by atoms with Gasteiger partial charge in [0.25, 0.3) is 0 Å². The number of H-pyrrole nitrogens is 1. The second kappa shape index (κ2) is 5.44. The SMILES string of the molecule is CC(NCc1ncc[nH]1)c1cccc(C(F)(F)F)c1. The van der Waals surface area contributed by atoms with Gasteiger partial charge in [0.05, 0.1) is 12.1 Å². The smallest absolute Gasteiger partial charge is 0.348 e. The van der Waals surface area contributed by atoms with Crippen molar-refractivity contribution in [2.45, 2.75) is 25.7 Å². The van der Waals surface area contributed by atoms with E-state index in [1.54, 1.807) is 18.5 Å². The molecule has 102 valence electrons. The van der Waals surface area contributed by atoms with E-state index in [-0.39, 0.29) is 6.04 Å². The normalized spacial score (nSPS) is 13.5. The topological polar surface area (TPSA) is 40.7 Å². The predicted octanol–water partition coefficient (Wildman–Crippen LogP) is 3.28. The zero-order valence-corrected chi connectivity index (χ0v) is 10.3. The summed E-state index contributed by atoms with van der Waals surface area (Å²) in [6, 6.07) is 5.15. The van der Waals surface area contributed by atoms with Crippen molar-refractivity contribution >= 4 is 0 Å². The zero-order valence-electron chi connectivity index (χ0n) is 10.3. The first-order valence-corrected chi connectivity index (χ1v) is 5.85. The molecular weight excluding hydrogens is 255 g/mol. The lowest BCUT2D eigenvalue weighted by Gasteiger charge is -2.15. The first kappa shape index (κ1) is 13.6. The summed E-state index contributed by atoms with van der Waals surface area (Å²) in [5.74, 6) is 0.749. The lowest BCUT2D eigenvalue weighted by Crippen LogP contribution is -2.19. The highest BCUT2D eigenvalue weighted by Crippen LogP contribution is 2.30. The molecule has 0 saturated carbocycles. The second-order valence-corrected chi connectivity index (χ2v) is 4.26. The van der Waals surface area contributed by atoms with Crippen LogP contribution < -0.4 is 5.32 Å². The molecule has 2 aromatic rings. The summed E-state index contributed by atoms with van der Waals surface area (Å²) < 4.78 is 37.8. The lowest BCUT2D eigenvalue weighted by atomic mass is 10.0. The Morgan fingerprint density at radius 2 is 2.16 bits per heavy atom. The Kier molecular flexibility index (Phi) is 3.90. The molecule has 19 heavy (non-hydrogen) atoms. The van der Waals surface area contributed by atoms with E-state index in [1.807, 2.05) is 6.92 Å². The molecule has 1 aromatic carbocycles. The highest BCUT2D eigenvalue weighted by Gasteiger charge is 2.30. The Morgan fingerprint density at radius 1 is 1.37 bits per heavy atom. The van der Waals surface area contributed by atoms with Crippen LogP contribution in [0.4, 0.5) is 13.2 Å². The summed E-state index contributed by atoms with van der Waals surface area (Å²) in [4.78, 5) is 6.97. The third kappa shape index (κ3) is 3.57. The molecule has 3 nitrogen and oxygen atoms in total. The van der Waals surface area contributed by atoms with E-state index in [9.17, 15) is 13.2 Å². The van der Waals surface area contributed by atoms with Gasteiger partial charge in [-0.05, 0) is 24.6 Å². The number of aromatic amines is 1. The Labute approximate surface area is 108 Å². The van der Waals surface area contributed by atoms with Gasteiger partial charge in [-0.2, -0.15) is 13.2 Å². The number of benzene rings is 1. The number of hydrogen-bond donors (Lipinski definition) is 2. The summed E-state index contributed by atoms with van der Waals surface area (Å²) in [5, 5.41) is 3.12. The summed E-state index contributed by atoms with van der Waals surface area (Å²) in [5.41, 5.74) is -0.0296. The van der Waals surface area contributed by atoms with Gasteiger partial charge in [0.1, 0.15) is 5.82 Å². The molecular formula is C13H14F3N3. The van der Waals surface area contributed by atoms with Crippen molar-refractivity contribution in [2.75, 3.05) is 0 Å². The van der Waals surface area contributed by atoms with E-state index < -0.39 is 11.7 Å². The Bertz CT molecular complexity index is 520. The van der Waals surface area contributed by atoms with Crippen LogP contribution in [0.3, 0.4) is 0 Å². The standard InChI is InChI=1S/C13H14F3N3/c1-9(19-8-12-17-5-6-18-12)10-3-2-4-11(7-10)13(14,15)16/h2-7,9,19H,8H2,1H3,(H,17,18). The number of rotatable bonds is 4. The van der Waals surface area contributed by atoms with Gasteiger partial charge in [-0.1, -0.05) is 12.1 Å². The lowest BCUT2D eigenvalue weighted by molar-refractivity contribution is -0.137. The summed E-state index contributed by atoms with van der Waals surface area (Å²) in [6.45, 7) is 2.29. The van der Waals surface area contributed by atoms with Crippen LogP contribution in [0.2, 0.25) is 0 Å². The minimum Gasteiger partial charge on any atom is -0.348 e. The van der Waals surface area contributed by atoms with Crippen LogP contribution >= 0.6 is 0 Å². The molecule has 1 atom stereocenters. The molecule has 0 aliphatic carbocycles. The van der Waals surface area contributed by atoms with E-state index in [1.165, 1.54) is 12.1 Å². The van der Waals surface area contributed by atoms with Crippen LogP contribution in [0.1, 0.15) is 29.9 Å². The Hall–Kier alpha value is -1.82. The molecule has 1 aromatic heterocycles. The van der Waals surface area contributed by atoms with Gasteiger partial charge in [0.15, 0.2) is 0 Å². The van der Waals surface area contributed by atoms with Gasteiger partial charge in [-0.15, -0.1) is 0 Å². The average Bonchev–Trinajstić information content (AvgIpc) is 2.88. The van der Waals surface area contributed by atoms with E-state index >= 15 is 0 Å². The van der Waals surface area contributed by atoms with E-state index in [4.69, 9.17) is 0 Å². The van der Waals surface area contributed by atoms with E-state index in [0.29, 0.717) is 12.1 Å². The second-order valence-electron chi connectivity index (χ2n) is 4.26. The summed E-state index contributed by atoms with van der Waals surface area (Å²) in [7, 11) is 0. The van der Waals surface area contributed by atoms with Crippen LogP contribution in [0.25, 0.3) is 0 Å². The molecule has 1 heterocycles. The molecule has 0 aliphatic heterocycles. The number of nitrogens with zero attached hydrogens (tertiary/aromatic N) is 1. The number of halogens is 3. The first-order chi connectivity index (χ1) is 8.97. The van der Waals surface area contributed by atoms with Crippen molar-refractivity contribution in [3.63, 3.8) is 0 Å². The highest BCUT2D eigenvalue weighted by atomic mass is 19.4. The van der Waals surface area contributed by atoms with Crippen molar-refractivity contribution in [1.82, 2.24) is 15.3 Å². The van der Waals surface area contributed by atoms with Gasteiger partial charge < -0.3 is 10.3 Å². The minimum absolute atomic E-state index is 0.188. The fraction of sp³-hybridized carbons (Fsp3) is 0.308. The highest BCUT2D eigenvalue weighted by molar-refractivity contribution is 5.27. The summed E-state index contributed by atoms with van der Waals surface area (Å²) >= 11 is 0. The van der Waals surface area contributed by atoms with Crippen LogP contribution in [-0.4, -0.2) is 9.97 Å². The monoisotopic (exact) mass is 269 g/mol. The number of aromatic nitrogens is 2. The Morgan fingerprint density at radius 3 is 2.79 bits per heavy atom. The number of hydrogen-bond acceptors (Lipinski definition) is 2. The fourth-order valence-corrected chi connectivity index (χ4v) is 1.75. The average molecular weight is 269 g/mol. The molecule has 0 bridgehead atoms. The van der Waals surface area contributed by atoms with Crippen molar-refractivity contribution in [1.29, 1.82) is 0 Å². The number of alkyl halides is 3. The molecule has 0 fully saturated rings. The van der Waals surface area contributed by atoms with Crippen LogP contribution in [0.5, 0.6) is 0 Å². The molecule has 0 spiro atoms. The van der Waals surface area contributed by atoms with Crippen LogP contribution in [-0.2, 0) is 12.7 Å². The molecule has 0 amide bonds. The Balaban J connectivity index is 2.04. The zero-order chi connectivity index (χ0) is 13.9. The quantitative estimate of drug-likeness (QED) is 0.894. The van der Waals surface area contributed by atoms with Gasteiger partial charge in [-0.25, -0.2) is 4.98 Å². The van der Waals surface area contributed by atoms with Gasteiger partial charge >= 0.3 is 6.18 Å². The number of imidazole rings is 1. The van der Waals surface area contributed by atoms with Crippen LogP contribution in [0, 0.1) is 0 Å². The van der Waals surface area contributed by atoms with Crippen molar-refractivity contribution in [3.8, 4) is 0 Å². The maximum absolute atomic E-state index is 12.6. The van der Waals surface area contributed by atoms with Crippen molar-refractivity contribution in [3.05, 3.63) is 53.6 Å². The van der Waals surface area contributed by atoms with E-state index in [2.05, 4.69) is 15.3 Å². The largest absolute Gasteiger partial charge is 0.416 e. The maximum Gasteiger partial charge on any atom is 0.416 e. The van der Waals surface area contributed by atoms with Crippen molar-refractivity contribution in [2.24, 2.45) is 0 Å². The van der Waals surface area contributed by atoms with Crippen LogP contribution in [0.15, 0.2) is 36.7 Å². The molecule has 0 saturated heterocycles. The minimum atomic E-state index is -4.31.